The van der Waals surface area contributed by atoms with Crippen LogP contribution in [0.3, 0.4) is 0 Å². The summed E-state index contributed by atoms with van der Waals surface area (Å²) in [5, 5.41) is 20.7. The summed E-state index contributed by atoms with van der Waals surface area (Å²) in [5.41, 5.74) is -3.30. The lowest BCUT2D eigenvalue weighted by molar-refractivity contribution is -0.259. The molecule has 0 spiro atoms. The molecule has 0 radical (unpaired) electrons. The highest BCUT2D eigenvalue weighted by Gasteiger charge is 2.51. The molecule has 1 heterocycles. The van der Waals surface area contributed by atoms with E-state index in [2.05, 4.69) is 0 Å². The van der Waals surface area contributed by atoms with Crippen LogP contribution >= 0.6 is 11.6 Å². The predicted molar refractivity (Wildman–Crippen MR) is 77.7 cm³/mol. The molecule has 2 rings (SSSR count). The fourth-order valence-electron chi connectivity index (χ4n) is 2.71. The lowest BCUT2D eigenvalue weighted by Crippen LogP contribution is -2.54. The summed E-state index contributed by atoms with van der Waals surface area (Å²) in [5.74, 6) is 0. The van der Waals surface area contributed by atoms with Crippen LogP contribution in [-0.4, -0.2) is 46.5 Å². The Hall–Kier alpha value is -0.820. The van der Waals surface area contributed by atoms with Crippen LogP contribution in [-0.2, 0) is 5.60 Å². The Kier molecular flexibility index (Phi) is 4.78. The quantitative estimate of drug-likeness (QED) is 0.891. The fourth-order valence-corrected chi connectivity index (χ4v) is 3.03. The van der Waals surface area contributed by atoms with Crippen molar-refractivity contribution in [3.05, 3.63) is 34.9 Å². The van der Waals surface area contributed by atoms with Gasteiger partial charge in [0.15, 0.2) is 5.60 Å². The van der Waals surface area contributed by atoms with E-state index in [0.29, 0.717) is 10.6 Å². The molecule has 0 aliphatic carbocycles. The molecule has 1 aliphatic rings. The molecule has 1 atom stereocenters. The van der Waals surface area contributed by atoms with E-state index in [1.807, 2.05) is 0 Å². The third-order valence-corrected chi connectivity index (χ3v) is 4.53. The van der Waals surface area contributed by atoms with Crippen LogP contribution < -0.4 is 0 Å². The van der Waals surface area contributed by atoms with Crippen molar-refractivity contribution in [3.63, 3.8) is 0 Å². The van der Waals surface area contributed by atoms with E-state index in [9.17, 15) is 23.4 Å². The number of halogens is 4. The second-order valence-electron chi connectivity index (χ2n) is 6.06. The van der Waals surface area contributed by atoms with E-state index in [1.54, 1.807) is 24.3 Å². The van der Waals surface area contributed by atoms with Crippen LogP contribution in [0.15, 0.2) is 24.3 Å². The van der Waals surface area contributed by atoms with E-state index in [-0.39, 0.29) is 25.9 Å². The van der Waals surface area contributed by atoms with Crippen molar-refractivity contribution in [2.45, 2.75) is 37.1 Å². The number of hydrogen-bond donors (Lipinski definition) is 2. The maximum absolute atomic E-state index is 12.7. The number of β-amino-alcohol motifs (C(OH)–C–C–N with tert-alkyl or cyclic N) is 1. The van der Waals surface area contributed by atoms with Crippen molar-refractivity contribution in [2.24, 2.45) is 0 Å². The number of hydrogen-bond acceptors (Lipinski definition) is 3. The highest BCUT2D eigenvalue weighted by atomic mass is 35.5. The monoisotopic (exact) mass is 337 g/mol. The van der Waals surface area contributed by atoms with Gasteiger partial charge in [-0.1, -0.05) is 29.8 Å². The van der Waals surface area contributed by atoms with Gasteiger partial charge < -0.3 is 10.2 Å². The number of nitrogens with zero attached hydrogens (tertiary/aromatic N) is 1. The third-order valence-electron chi connectivity index (χ3n) is 4.20. The number of aliphatic hydroxyl groups is 2. The van der Waals surface area contributed by atoms with Crippen molar-refractivity contribution in [3.8, 4) is 0 Å². The maximum atomic E-state index is 12.7. The van der Waals surface area contributed by atoms with Gasteiger partial charge in [0.2, 0.25) is 0 Å². The highest BCUT2D eigenvalue weighted by molar-refractivity contribution is 6.31. The second-order valence-corrected chi connectivity index (χ2v) is 6.47. The van der Waals surface area contributed by atoms with Gasteiger partial charge in [0.25, 0.3) is 0 Å². The minimum absolute atomic E-state index is 0.258. The maximum Gasteiger partial charge on any atom is 0.418 e. The third kappa shape index (κ3) is 3.56. The number of rotatable bonds is 3. The van der Waals surface area contributed by atoms with Crippen LogP contribution in [0.1, 0.15) is 25.3 Å². The smallest absolute Gasteiger partial charge is 0.385 e. The molecular weight excluding hydrogens is 319 g/mol. The van der Waals surface area contributed by atoms with Crippen LogP contribution in [0.25, 0.3) is 0 Å². The summed E-state index contributed by atoms with van der Waals surface area (Å²) in [4.78, 5) is 1.51. The number of piperidine rings is 1. The first-order chi connectivity index (χ1) is 10.1. The van der Waals surface area contributed by atoms with Gasteiger partial charge in [0.1, 0.15) is 0 Å². The summed E-state index contributed by atoms with van der Waals surface area (Å²) in [7, 11) is 0. The summed E-state index contributed by atoms with van der Waals surface area (Å²) in [6.07, 6.45) is -4.14. The lowest BCUT2D eigenvalue weighted by Gasteiger charge is -2.41. The Morgan fingerprint density at radius 1 is 1.23 bits per heavy atom. The Labute approximate surface area is 132 Å². The van der Waals surface area contributed by atoms with Crippen molar-refractivity contribution in [1.29, 1.82) is 0 Å². The predicted octanol–water partition coefficient (Wildman–Crippen LogP) is 2.94. The van der Waals surface area contributed by atoms with Gasteiger partial charge in [-0.25, -0.2) is 0 Å². The molecule has 2 N–H and O–H groups in total. The molecule has 0 unspecified atom stereocenters. The molecule has 0 aromatic heterocycles. The van der Waals surface area contributed by atoms with Crippen molar-refractivity contribution in [1.82, 2.24) is 4.90 Å². The van der Waals surface area contributed by atoms with Crippen LogP contribution in [0, 0.1) is 0 Å². The Balaban J connectivity index is 2.03. The van der Waals surface area contributed by atoms with Gasteiger partial charge in [-0.15, -0.1) is 0 Å². The summed E-state index contributed by atoms with van der Waals surface area (Å²) in [6.45, 7) is 0.777. The fraction of sp³-hybridized carbons (Fsp3) is 0.600. The minimum Gasteiger partial charge on any atom is -0.385 e. The second kappa shape index (κ2) is 6.00. The van der Waals surface area contributed by atoms with Gasteiger partial charge >= 0.3 is 6.18 Å². The van der Waals surface area contributed by atoms with E-state index in [4.69, 9.17) is 11.6 Å². The standard InChI is InChI=1S/C15H19ClF3NO2/c1-13(21,15(17,18)19)10-20-8-6-14(22,7-9-20)11-4-2-3-5-12(11)16/h2-5,21-22H,6-10H2,1H3/t13-/m1/s1. The van der Waals surface area contributed by atoms with E-state index < -0.39 is 23.9 Å². The molecule has 1 aromatic rings. The topological polar surface area (TPSA) is 43.7 Å². The van der Waals surface area contributed by atoms with E-state index >= 15 is 0 Å². The normalized spacial score (nSPS) is 22.3. The summed E-state index contributed by atoms with van der Waals surface area (Å²) < 4.78 is 38.1. The van der Waals surface area contributed by atoms with Gasteiger partial charge in [-0.3, -0.25) is 4.90 Å². The van der Waals surface area contributed by atoms with Gasteiger partial charge in [-0.2, -0.15) is 13.2 Å². The van der Waals surface area contributed by atoms with Crippen LogP contribution in [0.5, 0.6) is 0 Å². The summed E-state index contributed by atoms with van der Waals surface area (Å²) >= 11 is 6.09. The summed E-state index contributed by atoms with van der Waals surface area (Å²) in [6, 6.07) is 6.92. The minimum atomic E-state index is -4.68. The first-order valence-corrected chi connectivity index (χ1v) is 7.42. The molecule has 124 valence electrons. The molecular formula is C15H19ClF3NO2. The van der Waals surface area contributed by atoms with Crippen LogP contribution in [0.4, 0.5) is 13.2 Å². The Bertz CT molecular complexity index is 526. The van der Waals surface area contributed by atoms with Crippen molar-refractivity contribution >= 4 is 11.6 Å². The molecule has 1 aliphatic heterocycles. The SMILES string of the molecule is C[C@@](O)(CN1CCC(O)(c2ccccc2Cl)CC1)C(F)(F)F. The van der Waals surface area contributed by atoms with Gasteiger partial charge in [0, 0.05) is 30.2 Å². The first kappa shape index (κ1) is 17.5. The number of likely N-dealkylation sites (tertiary alicyclic amines) is 1. The number of benzene rings is 1. The largest absolute Gasteiger partial charge is 0.418 e. The zero-order chi connectivity index (χ0) is 16.6. The molecule has 7 heteroatoms. The van der Waals surface area contributed by atoms with E-state index in [1.165, 1.54) is 4.90 Å². The molecule has 1 fully saturated rings. The van der Waals surface area contributed by atoms with Gasteiger partial charge in [0.05, 0.1) is 5.60 Å². The van der Waals surface area contributed by atoms with E-state index in [0.717, 1.165) is 6.92 Å². The van der Waals surface area contributed by atoms with Crippen molar-refractivity contribution < 1.29 is 23.4 Å². The van der Waals surface area contributed by atoms with Gasteiger partial charge in [-0.05, 0) is 25.8 Å². The number of alkyl halides is 3. The molecule has 0 amide bonds. The van der Waals surface area contributed by atoms with Crippen molar-refractivity contribution in [2.75, 3.05) is 19.6 Å². The molecule has 1 saturated heterocycles. The highest BCUT2D eigenvalue weighted by Crippen LogP contribution is 2.38. The zero-order valence-corrected chi connectivity index (χ0v) is 13.0. The molecule has 0 bridgehead atoms. The molecule has 1 aromatic carbocycles. The molecule has 3 nitrogen and oxygen atoms in total. The average molecular weight is 338 g/mol. The lowest BCUT2D eigenvalue weighted by atomic mass is 9.84. The Morgan fingerprint density at radius 3 is 2.27 bits per heavy atom. The molecule has 0 saturated carbocycles. The zero-order valence-electron chi connectivity index (χ0n) is 12.2. The average Bonchev–Trinajstić information content (AvgIpc) is 2.40. The molecule has 22 heavy (non-hydrogen) atoms. The first-order valence-electron chi connectivity index (χ1n) is 7.04. The Morgan fingerprint density at radius 2 is 1.77 bits per heavy atom. The van der Waals surface area contributed by atoms with Crippen LogP contribution in [0.2, 0.25) is 5.02 Å².